The Kier molecular flexibility index (Phi) is 7.15. The van der Waals surface area contributed by atoms with Crippen molar-refractivity contribution >= 4 is 23.2 Å². The van der Waals surface area contributed by atoms with Crippen LogP contribution < -0.4 is 5.32 Å². The van der Waals surface area contributed by atoms with Crippen LogP contribution >= 0.6 is 23.2 Å². The first kappa shape index (κ1) is 16.1. The SMILES string of the molecule is Clc1ccc(CNCCCOC2CCCCC2)cc1Cl. The van der Waals surface area contributed by atoms with Gasteiger partial charge in [-0.25, -0.2) is 0 Å². The minimum Gasteiger partial charge on any atom is -0.378 e. The third kappa shape index (κ3) is 5.61. The lowest BCUT2D eigenvalue weighted by atomic mass is 9.98. The Morgan fingerprint density at radius 2 is 1.90 bits per heavy atom. The van der Waals surface area contributed by atoms with Crippen LogP contribution in [0.4, 0.5) is 0 Å². The average molecular weight is 316 g/mol. The molecule has 1 aliphatic carbocycles. The van der Waals surface area contributed by atoms with Crippen LogP contribution in [0.1, 0.15) is 44.1 Å². The predicted molar refractivity (Wildman–Crippen MR) is 85.6 cm³/mol. The second kappa shape index (κ2) is 8.89. The van der Waals surface area contributed by atoms with Gasteiger partial charge in [0.1, 0.15) is 0 Å². The Labute approximate surface area is 131 Å². The summed E-state index contributed by atoms with van der Waals surface area (Å²) in [5.74, 6) is 0. The van der Waals surface area contributed by atoms with Crippen molar-refractivity contribution in [3.8, 4) is 0 Å². The van der Waals surface area contributed by atoms with Crippen LogP contribution in [0.3, 0.4) is 0 Å². The maximum atomic E-state index is 5.98. The zero-order valence-corrected chi connectivity index (χ0v) is 13.3. The van der Waals surface area contributed by atoms with Crippen LogP contribution in [0, 0.1) is 0 Å². The number of halogens is 2. The fourth-order valence-electron chi connectivity index (χ4n) is 2.56. The molecule has 2 rings (SSSR count). The summed E-state index contributed by atoms with van der Waals surface area (Å²) < 4.78 is 5.89. The van der Waals surface area contributed by atoms with E-state index in [1.165, 1.54) is 32.1 Å². The third-order valence-corrected chi connectivity index (χ3v) is 4.46. The normalized spacial score (nSPS) is 16.5. The molecule has 0 aliphatic heterocycles. The number of ether oxygens (including phenoxy) is 1. The number of nitrogens with one attached hydrogen (secondary N) is 1. The van der Waals surface area contributed by atoms with E-state index in [9.17, 15) is 0 Å². The van der Waals surface area contributed by atoms with Crippen LogP contribution in [-0.4, -0.2) is 19.3 Å². The second-order valence-corrected chi connectivity index (χ2v) is 6.22. The standard InChI is InChI=1S/C16H23Cl2NO/c17-15-8-7-13(11-16(15)18)12-19-9-4-10-20-14-5-2-1-3-6-14/h7-8,11,14,19H,1-6,9-10,12H2. The van der Waals surface area contributed by atoms with E-state index in [4.69, 9.17) is 27.9 Å². The van der Waals surface area contributed by atoms with Crippen molar-refractivity contribution in [3.05, 3.63) is 33.8 Å². The fraction of sp³-hybridized carbons (Fsp3) is 0.625. The van der Waals surface area contributed by atoms with Gasteiger partial charge in [0.25, 0.3) is 0 Å². The lowest BCUT2D eigenvalue weighted by Gasteiger charge is -2.21. The molecule has 4 heteroatoms. The molecule has 0 atom stereocenters. The molecule has 1 aromatic carbocycles. The molecule has 0 saturated heterocycles. The van der Waals surface area contributed by atoms with Crippen molar-refractivity contribution in [2.75, 3.05) is 13.2 Å². The molecule has 1 aliphatic rings. The highest BCUT2D eigenvalue weighted by Gasteiger charge is 2.12. The van der Waals surface area contributed by atoms with Gasteiger partial charge in [-0.05, 0) is 43.5 Å². The zero-order valence-electron chi connectivity index (χ0n) is 11.8. The van der Waals surface area contributed by atoms with Crippen molar-refractivity contribution in [1.29, 1.82) is 0 Å². The Hall–Kier alpha value is -0.280. The Balaban J connectivity index is 1.53. The van der Waals surface area contributed by atoms with Crippen molar-refractivity contribution in [2.45, 2.75) is 51.2 Å². The first-order valence-electron chi connectivity index (χ1n) is 7.52. The van der Waals surface area contributed by atoms with Crippen LogP contribution in [0.5, 0.6) is 0 Å². The molecule has 1 N–H and O–H groups in total. The summed E-state index contributed by atoms with van der Waals surface area (Å²) >= 11 is 11.9. The van der Waals surface area contributed by atoms with Gasteiger partial charge >= 0.3 is 0 Å². The summed E-state index contributed by atoms with van der Waals surface area (Å²) in [5, 5.41) is 4.63. The fourth-order valence-corrected chi connectivity index (χ4v) is 2.88. The molecule has 20 heavy (non-hydrogen) atoms. The average Bonchev–Trinajstić information content (AvgIpc) is 2.47. The predicted octanol–water partition coefficient (Wildman–Crippen LogP) is 4.82. The van der Waals surface area contributed by atoms with E-state index in [2.05, 4.69) is 5.32 Å². The Bertz CT molecular complexity index is 405. The zero-order chi connectivity index (χ0) is 14.2. The number of hydrogen-bond acceptors (Lipinski definition) is 2. The molecule has 0 aromatic heterocycles. The highest BCUT2D eigenvalue weighted by molar-refractivity contribution is 6.42. The highest BCUT2D eigenvalue weighted by atomic mass is 35.5. The number of benzene rings is 1. The quantitative estimate of drug-likeness (QED) is 0.728. The van der Waals surface area contributed by atoms with Gasteiger partial charge in [0.05, 0.1) is 16.1 Å². The monoisotopic (exact) mass is 315 g/mol. The largest absolute Gasteiger partial charge is 0.378 e. The van der Waals surface area contributed by atoms with E-state index in [0.29, 0.717) is 16.1 Å². The van der Waals surface area contributed by atoms with Gasteiger partial charge in [0, 0.05) is 13.2 Å². The molecule has 0 radical (unpaired) electrons. The summed E-state index contributed by atoms with van der Waals surface area (Å²) in [4.78, 5) is 0. The first-order chi connectivity index (χ1) is 9.75. The minimum atomic E-state index is 0.513. The van der Waals surface area contributed by atoms with Crippen LogP contribution in [-0.2, 0) is 11.3 Å². The Morgan fingerprint density at radius 3 is 2.65 bits per heavy atom. The second-order valence-electron chi connectivity index (χ2n) is 5.41. The van der Waals surface area contributed by atoms with Gasteiger partial charge in [-0.1, -0.05) is 48.5 Å². The lowest BCUT2D eigenvalue weighted by molar-refractivity contribution is 0.0273. The summed E-state index contributed by atoms with van der Waals surface area (Å²) in [6.45, 7) is 2.65. The topological polar surface area (TPSA) is 21.3 Å². The van der Waals surface area contributed by atoms with Crippen LogP contribution in [0.2, 0.25) is 10.0 Å². The maximum Gasteiger partial charge on any atom is 0.0595 e. The molecule has 2 nitrogen and oxygen atoms in total. The van der Waals surface area contributed by atoms with Gasteiger partial charge < -0.3 is 10.1 Å². The molecule has 1 saturated carbocycles. The molecule has 0 unspecified atom stereocenters. The summed E-state index contributed by atoms with van der Waals surface area (Å²) in [6, 6.07) is 5.75. The molecular weight excluding hydrogens is 293 g/mol. The van der Waals surface area contributed by atoms with Crippen molar-refractivity contribution < 1.29 is 4.74 Å². The minimum absolute atomic E-state index is 0.513. The maximum absolute atomic E-state index is 5.98. The summed E-state index contributed by atoms with van der Waals surface area (Å²) in [7, 11) is 0. The van der Waals surface area contributed by atoms with Gasteiger partial charge in [-0.15, -0.1) is 0 Å². The molecule has 1 aromatic rings. The van der Waals surface area contributed by atoms with E-state index >= 15 is 0 Å². The molecule has 0 amide bonds. The van der Waals surface area contributed by atoms with E-state index in [-0.39, 0.29) is 0 Å². The number of rotatable bonds is 7. The van der Waals surface area contributed by atoms with E-state index < -0.39 is 0 Å². The molecule has 0 heterocycles. The van der Waals surface area contributed by atoms with E-state index in [1.54, 1.807) is 0 Å². The summed E-state index contributed by atoms with van der Waals surface area (Å²) in [6.07, 6.45) is 8.11. The van der Waals surface area contributed by atoms with E-state index in [0.717, 1.165) is 31.7 Å². The molecule has 1 fully saturated rings. The van der Waals surface area contributed by atoms with Crippen LogP contribution in [0.15, 0.2) is 18.2 Å². The first-order valence-corrected chi connectivity index (χ1v) is 8.27. The third-order valence-electron chi connectivity index (χ3n) is 3.72. The molecular formula is C16H23Cl2NO. The lowest BCUT2D eigenvalue weighted by Crippen LogP contribution is -2.20. The van der Waals surface area contributed by atoms with Gasteiger partial charge in [-0.2, -0.15) is 0 Å². The molecule has 0 spiro atoms. The highest BCUT2D eigenvalue weighted by Crippen LogP contribution is 2.22. The van der Waals surface area contributed by atoms with Crippen molar-refractivity contribution in [2.24, 2.45) is 0 Å². The molecule has 112 valence electrons. The van der Waals surface area contributed by atoms with Gasteiger partial charge in [0.2, 0.25) is 0 Å². The molecule has 0 bridgehead atoms. The summed E-state index contributed by atoms with van der Waals surface area (Å²) in [5.41, 5.74) is 1.16. The smallest absolute Gasteiger partial charge is 0.0595 e. The van der Waals surface area contributed by atoms with E-state index in [1.807, 2.05) is 18.2 Å². The Morgan fingerprint density at radius 1 is 1.10 bits per heavy atom. The van der Waals surface area contributed by atoms with Crippen molar-refractivity contribution in [1.82, 2.24) is 5.32 Å². The van der Waals surface area contributed by atoms with Gasteiger partial charge in [-0.3, -0.25) is 0 Å². The number of hydrogen-bond donors (Lipinski definition) is 1. The van der Waals surface area contributed by atoms with Crippen molar-refractivity contribution in [3.63, 3.8) is 0 Å². The van der Waals surface area contributed by atoms with Crippen LogP contribution in [0.25, 0.3) is 0 Å². The van der Waals surface area contributed by atoms with Gasteiger partial charge in [0.15, 0.2) is 0 Å².